The Morgan fingerprint density at radius 3 is 2.63 bits per heavy atom. The van der Waals surface area contributed by atoms with Crippen LogP contribution in [0.2, 0.25) is 0 Å². The number of carbonyl (C=O) groups is 2. The van der Waals surface area contributed by atoms with E-state index in [-0.39, 0.29) is 26.8 Å². The fourth-order valence-electron chi connectivity index (χ4n) is 4.62. The van der Waals surface area contributed by atoms with Gasteiger partial charge >= 0.3 is 5.97 Å². The molecule has 0 bridgehead atoms. The number of hydrogen-bond donors (Lipinski definition) is 0. The SMILES string of the molecule is CCCCOc1cccc(C2c3c(oc4cc(C)c(C)cc4c3=O)C(=O)N2c2nc(C)c(C(=O)OC)s2)c1. The maximum Gasteiger partial charge on any atom is 0.350 e. The number of fused-ring (bicyclic) bond motifs is 2. The number of rotatable bonds is 7. The molecule has 0 fully saturated rings. The molecular formula is C29H28N2O6S. The van der Waals surface area contributed by atoms with Crippen molar-refractivity contribution in [1.82, 2.24) is 4.98 Å². The molecule has 1 amide bonds. The summed E-state index contributed by atoms with van der Waals surface area (Å²) in [6.45, 7) is 8.18. The normalized spacial score (nSPS) is 14.7. The number of thiazole rings is 1. The molecule has 0 saturated heterocycles. The Hall–Kier alpha value is -3.98. The van der Waals surface area contributed by atoms with Crippen molar-refractivity contribution in [3.05, 3.63) is 85.2 Å². The van der Waals surface area contributed by atoms with Crippen LogP contribution in [0.1, 0.15) is 74.0 Å². The number of nitrogens with zero attached hydrogens (tertiary/aromatic N) is 2. The van der Waals surface area contributed by atoms with E-state index in [0.717, 1.165) is 35.3 Å². The van der Waals surface area contributed by atoms with Crippen molar-refractivity contribution >= 4 is 39.3 Å². The fourth-order valence-corrected chi connectivity index (χ4v) is 5.63. The van der Waals surface area contributed by atoms with Crippen LogP contribution in [0, 0.1) is 20.8 Å². The van der Waals surface area contributed by atoms with Gasteiger partial charge in [-0.1, -0.05) is 36.8 Å². The van der Waals surface area contributed by atoms with Crippen molar-refractivity contribution in [3.63, 3.8) is 0 Å². The van der Waals surface area contributed by atoms with E-state index >= 15 is 0 Å². The highest BCUT2D eigenvalue weighted by Crippen LogP contribution is 2.44. The number of hydrogen-bond acceptors (Lipinski definition) is 8. The fraction of sp³-hybridized carbons (Fsp3) is 0.310. The Kier molecular flexibility index (Phi) is 6.79. The molecule has 1 aliphatic heterocycles. The molecule has 0 spiro atoms. The zero-order valence-electron chi connectivity index (χ0n) is 21.9. The number of ether oxygens (including phenoxy) is 2. The van der Waals surface area contributed by atoms with E-state index < -0.39 is 17.9 Å². The topological polar surface area (TPSA) is 98.9 Å². The van der Waals surface area contributed by atoms with Gasteiger partial charge in [0.25, 0.3) is 5.91 Å². The smallest absolute Gasteiger partial charge is 0.350 e. The summed E-state index contributed by atoms with van der Waals surface area (Å²) in [4.78, 5) is 46.4. The van der Waals surface area contributed by atoms with E-state index in [0.29, 0.717) is 34.6 Å². The largest absolute Gasteiger partial charge is 0.494 e. The summed E-state index contributed by atoms with van der Waals surface area (Å²) in [5, 5.41) is 0.685. The van der Waals surface area contributed by atoms with Gasteiger partial charge in [0.1, 0.15) is 16.2 Å². The van der Waals surface area contributed by atoms with Crippen LogP contribution in [0.5, 0.6) is 5.75 Å². The Morgan fingerprint density at radius 1 is 1.13 bits per heavy atom. The quantitative estimate of drug-likeness (QED) is 0.216. The van der Waals surface area contributed by atoms with Crippen LogP contribution in [0.15, 0.2) is 45.6 Å². The summed E-state index contributed by atoms with van der Waals surface area (Å²) in [7, 11) is 1.29. The molecule has 5 rings (SSSR count). The van der Waals surface area contributed by atoms with Gasteiger partial charge in [-0.15, -0.1) is 0 Å². The maximum atomic E-state index is 14.0. The Labute approximate surface area is 223 Å². The zero-order valence-corrected chi connectivity index (χ0v) is 22.7. The molecule has 0 N–H and O–H groups in total. The van der Waals surface area contributed by atoms with E-state index in [4.69, 9.17) is 13.9 Å². The third-order valence-electron chi connectivity index (χ3n) is 6.79. The first kappa shape index (κ1) is 25.7. The average Bonchev–Trinajstić information content (AvgIpc) is 3.42. The molecule has 1 unspecified atom stereocenters. The zero-order chi connectivity index (χ0) is 27.1. The summed E-state index contributed by atoms with van der Waals surface area (Å²) < 4.78 is 16.9. The molecule has 1 atom stereocenters. The minimum atomic E-state index is -0.814. The standard InChI is InChI=1S/C29H28N2O6S/c1-6-7-11-36-19-10-8-9-18(14-19)23-22-24(32)20-12-15(2)16(3)13-21(20)37-25(22)27(33)31(23)29-30-17(4)26(38-29)28(34)35-5/h8-10,12-14,23H,6-7,11H2,1-5H3. The van der Waals surface area contributed by atoms with E-state index in [9.17, 15) is 14.4 Å². The minimum absolute atomic E-state index is 0.0273. The molecule has 9 heteroatoms. The van der Waals surface area contributed by atoms with Crippen molar-refractivity contribution in [3.8, 4) is 5.75 Å². The number of amides is 1. The third kappa shape index (κ3) is 4.26. The predicted octanol–water partition coefficient (Wildman–Crippen LogP) is 5.89. The highest BCUT2D eigenvalue weighted by molar-refractivity contribution is 7.17. The van der Waals surface area contributed by atoms with Crippen molar-refractivity contribution in [2.75, 3.05) is 18.6 Å². The van der Waals surface area contributed by atoms with Crippen LogP contribution in [0.4, 0.5) is 5.13 Å². The van der Waals surface area contributed by atoms with Crippen molar-refractivity contribution in [2.24, 2.45) is 0 Å². The maximum absolute atomic E-state index is 14.0. The number of carbonyl (C=O) groups excluding carboxylic acids is 2. The van der Waals surface area contributed by atoms with Crippen molar-refractivity contribution in [2.45, 2.75) is 46.6 Å². The first-order valence-corrected chi connectivity index (χ1v) is 13.3. The first-order valence-electron chi connectivity index (χ1n) is 12.4. The lowest BCUT2D eigenvalue weighted by atomic mass is 9.97. The summed E-state index contributed by atoms with van der Waals surface area (Å²) >= 11 is 1.04. The molecule has 196 valence electrons. The lowest BCUT2D eigenvalue weighted by Gasteiger charge is -2.23. The predicted molar refractivity (Wildman–Crippen MR) is 146 cm³/mol. The Bertz CT molecular complexity index is 1640. The van der Waals surface area contributed by atoms with Gasteiger partial charge in [-0.05, 0) is 68.1 Å². The summed E-state index contributed by atoms with van der Waals surface area (Å²) in [5.74, 6) is -0.423. The number of unbranched alkanes of at least 4 members (excludes halogenated alkanes) is 1. The second kappa shape index (κ2) is 10.1. The van der Waals surface area contributed by atoms with Crippen LogP contribution in [-0.4, -0.2) is 30.6 Å². The molecular weight excluding hydrogens is 504 g/mol. The number of methoxy groups -OCH3 is 1. The van der Waals surface area contributed by atoms with Gasteiger partial charge in [0, 0.05) is 0 Å². The van der Waals surface area contributed by atoms with Gasteiger partial charge in [-0.2, -0.15) is 0 Å². The van der Waals surface area contributed by atoms with Gasteiger partial charge in [0.05, 0.1) is 36.4 Å². The first-order chi connectivity index (χ1) is 18.2. The van der Waals surface area contributed by atoms with Gasteiger partial charge in [0.2, 0.25) is 5.76 Å². The molecule has 0 saturated carbocycles. The van der Waals surface area contributed by atoms with Crippen molar-refractivity contribution in [1.29, 1.82) is 0 Å². The number of anilines is 1. The average molecular weight is 533 g/mol. The van der Waals surface area contributed by atoms with Crippen LogP contribution in [0.3, 0.4) is 0 Å². The molecule has 4 aromatic rings. The number of esters is 1. The second-order valence-electron chi connectivity index (χ2n) is 9.36. The summed E-state index contributed by atoms with van der Waals surface area (Å²) in [5.41, 5.74) is 3.34. The molecule has 2 aromatic heterocycles. The van der Waals surface area contributed by atoms with E-state index in [1.807, 2.05) is 38.1 Å². The molecule has 8 nitrogen and oxygen atoms in total. The van der Waals surface area contributed by atoms with Crippen LogP contribution < -0.4 is 15.1 Å². The van der Waals surface area contributed by atoms with Gasteiger partial charge in [-0.3, -0.25) is 14.5 Å². The van der Waals surface area contributed by atoms with E-state index in [2.05, 4.69) is 11.9 Å². The lowest BCUT2D eigenvalue weighted by molar-refractivity contribution is 0.0605. The number of aromatic nitrogens is 1. The third-order valence-corrected chi connectivity index (χ3v) is 7.93. The summed E-state index contributed by atoms with van der Waals surface area (Å²) in [6.07, 6.45) is 1.90. The monoisotopic (exact) mass is 532 g/mol. The highest BCUT2D eigenvalue weighted by Gasteiger charge is 2.45. The highest BCUT2D eigenvalue weighted by atomic mass is 32.1. The minimum Gasteiger partial charge on any atom is -0.494 e. The second-order valence-corrected chi connectivity index (χ2v) is 10.3. The molecule has 0 radical (unpaired) electrons. The van der Waals surface area contributed by atoms with Gasteiger partial charge < -0.3 is 13.9 Å². The van der Waals surface area contributed by atoms with Crippen LogP contribution in [-0.2, 0) is 4.74 Å². The van der Waals surface area contributed by atoms with E-state index in [1.54, 1.807) is 19.1 Å². The van der Waals surface area contributed by atoms with Crippen LogP contribution >= 0.6 is 11.3 Å². The molecule has 1 aliphatic rings. The Morgan fingerprint density at radius 2 is 1.89 bits per heavy atom. The van der Waals surface area contributed by atoms with Crippen molar-refractivity contribution < 1.29 is 23.5 Å². The number of aryl methyl sites for hydroxylation is 3. The van der Waals surface area contributed by atoms with E-state index in [1.165, 1.54) is 12.0 Å². The Balaban J connectivity index is 1.73. The molecule has 2 aromatic carbocycles. The lowest BCUT2D eigenvalue weighted by Crippen LogP contribution is -2.29. The molecule has 3 heterocycles. The molecule has 0 aliphatic carbocycles. The number of benzene rings is 2. The summed E-state index contributed by atoms with van der Waals surface area (Å²) in [6, 6.07) is 10.1. The van der Waals surface area contributed by atoms with Gasteiger partial charge in [0.15, 0.2) is 10.6 Å². The van der Waals surface area contributed by atoms with Gasteiger partial charge in [-0.25, -0.2) is 9.78 Å². The van der Waals surface area contributed by atoms with Crippen LogP contribution in [0.25, 0.3) is 11.0 Å². The molecule has 38 heavy (non-hydrogen) atoms.